The fourth-order valence-electron chi connectivity index (χ4n) is 2.79. The van der Waals surface area contributed by atoms with Crippen LogP contribution in [0.1, 0.15) is 43.7 Å². The minimum Gasteiger partial charge on any atom is -0.497 e. The summed E-state index contributed by atoms with van der Waals surface area (Å²) in [7, 11) is 1.64. The Kier molecular flexibility index (Phi) is 6.63. The second kappa shape index (κ2) is 7.73. The van der Waals surface area contributed by atoms with Crippen molar-refractivity contribution in [2.45, 2.75) is 44.2 Å². The summed E-state index contributed by atoms with van der Waals surface area (Å²) in [6, 6.07) is 7.37. The fourth-order valence-corrected chi connectivity index (χ4v) is 2.79. The summed E-state index contributed by atoms with van der Waals surface area (Å²) in [5.41, 5.74) is 7.15. The summed E-state index contributed by atoms with van der Waals surface area (Å²) in [6.07, 6.45) is 5.50. The number of rotatable bonds is 4. The first-order chi connectivity index (χ1) is 8.72. The van der Waals surface area contributed by atoms with Crippen LogP contribution in [0.25, 0.3) is 0 Å². The molecule has 0 radical (unpaired) electrons. The highest BCUT2D eigenvalue weighted by molar-refractivity contribution is 5.85. The van der Waals surface area contributed by atoms with Crippen LogP contribution in [0.5, 0.6) is 5.75 Å². The van der Waals surface area contributed by atoms with E-state index in [1.807, 2.05) is 24.3 Å². The first kappa shape index (κ1) is 16.3. The van der Waals surface area contributed by atoms with Gasteiger partial charge in [0.25, 0.3) is 0 Å². The standard InChI is InChI=1S/C15H23NO2.ClH/c1-18-13-9-7-11(8-10-13)14(16)15(17)12-5-3-2-4-6-12;/h7-10,12,14-15,17H,2-6,16H2,1H3;1H/t14-,15+;/m1./s1. The SMILES string of the molecule is COc1ccc([C@@H](N)[C@@H](O)C2CCCCC2)cc1.Cl. The Morgan fingerprint density at radius 2 is 1.74 bits per heavy atom. The van der Waals surface area contributed by atoms with Crippen LogP contribution in [-0.4, -0.2) is 18.3 Å². The van der Waals surface area contributed by atoms with Crippen molar-refractivity contribution in [1.82, 2.24) is 0 Å². The van der Waals surface area contributed by atoms with Gasteiger partial charge < -0.3 is 15.6 Å². The van der Waals surface area contributed by atoms with Crippen LogP contribution < -0.4 is 10.5 Å². The first-order valence-corrected chi connectivity index (χ1v) is 6.80. The van der Waals surface area contributed by atoms with Gasteiger partial charge in [-0.2, -0.15) is 0 Å². The molecule has 3 nitrogen and oxygen atoms in total. The lowest BCUT2D eigenvalue weighted by Gasteiger charge is -2.30. The highest BCUT2D eigenvalue weighted by Crippen LogP contribution is 2.31. The van der Waals surface area contributed by atoms with E-state index >= 15 is 0 Å². The minimum atomic E-state index is -0.432. The van der Waals surface area contributed by atoms with Crippen molar-refractivity contribution in [3.63, 3.8) is 0 Å². The maximum atomic E-state index is 10.4. The van der Waals surface area contributed by atoms with E-state index in [1.54, 1.807) is 7.11 Å². The highest BCUT2D eigenvalue weighted by atomic mass is 35.5. The molecule has 0 amide bonds. The molecule has 0 spiro atoms. The van der Waals surface area contributed by atoms with Crippen LogP contribution in [0.15, 0.2) is 24.3 Å². The molecule has 108 valence electrons. The van der Waals surface area contributed by atoms with Crippen molar-refractivity contribution >= 4 is 12.4 Å². The predicted molar refractivity (Wildman–Crippen MR) is 79.8 cm³/mol. The molecule has 1 saturated carbocycles. The number of halogens is 1. The fraction of sp³-hybridized carbons (Fsp3) is 0.600. The number of benzene rings is 1. The van der Waals surface area contributed by atoms with Crippen LogP contribution in [0.4, 0.5) is 0 Å². The van der Waals surface area contributed by atoms with Crippen LogP contribution in [0.2, 0.25) is 0 Å². The number of nitrogens with two attached hydrogens (primary N) is 1. The number of aliphatic hydroxyl groups excluding tert-OH is 1. The van der Waals surface area contributed by atoms with Crippen LogP contribution in [-0.2, 0) is 0 Å². The van der Waals surface area contributed by atoms with E-state index < -0.39 is 6.10 Å². The molecule has 2 atom stereocenters. The van der Waals surface area contributed by atoms with E-state index in [0.717, 1.165) is 24.2 Å². The molecular weight excluding hydrogens is 262 g/mol. The number of hydrogen-bond acceptors (Lipinski definition) is 3. The molecular formula is C15H24ClNO2. The van der Waals surface area contributed by atoms with Crippen molar-refractivity contribution in [2.75, 3.05) is 7.11 Å². The second-order valence-electron chi connectivity index (χ2n) is 5.19. The number of ether oxygens (including phenoxy) is 1. The van der Waals surface area contributed by atoms with Crippen LogP contribution >= 0.6 is 12.4 Å². The normalized spacial score (nSPS) is 19.3. The molecule has 0 aliphatic heterocycles. The number of methoxy groups -OCH3 is 1. The lowest BCUT2D eigenvalue weighted by molar-refractivity contribution is 0.0618. The maximum Gasteiger partial charge on any atom is 0.118 e. The molecule has 1 aromatic rings. The van der Waals surface area contributed by atoms with Gasteiger partial charge in [-0.3, -0.25) is 0 Å². The molecule has 4 heteroatoms. The van der Waals surface area contributed by atoms with E-state index in [1.165, 1.54) is 19.3 Å². The summed E-state index contributed by atoms with van der Waals surface area (Å²) in [4.78, 5) is 0. The smallest absolute Gasteiger partial charge is 0.118 e. The van der Waals surface area contributed by atoms with Gasteiger partial charge in [0.05, 0.1) is 19.3 Å². The average molecular weight is 286 g/mol. The zero-order valence-corrected chi connectivity index (χ0v) is 12.2. The molecule has 3 N–H and O–H groups in total. The average Bonchev–Trinajstić information content (AvgIpc) is 2.47. The molecule has 0 saturated heterocycles. The zero-order valence-electron chi connectivity index (χ0n) is 11.4. The quantitative estimate of drug-likeness (QED) is 0.894. The summed E-state index contributed by atoms with van der Waals surface area (Å²) >= 11 is 0. The molecule has 19 heavy (non-hydrogen) atoms. The van der Waals surface area contributed by atoms with Gasteiger partial charge in [0.1, 0.15) is 5.75 Å². The topological polar surface area (TPSA) is 55.5 Å². The third-order valence-electron chi connectivity index (χ3n) is 4.00. The van der Waals surface area contributed by atoms with Crippen molar-refractivity contribution in [1.29, 1.82) is 0 Å². The lowest BCUT2D eigenvalue weighted by atomic mass is 9.81. The van der Waals surface area contributed by atoms with Crippen molar-refractivity contribution < 1.29 is 9.84 Å². The second-order valence-corrected chi connectivity index (χ2v) is 5.19. The Hall–Kier alpha value is -0.770. The van der Waals surface area contributed by atoms with Crippen molar-refractivity contribution in [3.05, 3.63) is 29.8 Å². The molecule has 1 fully saturated rings. The highest BCUT2D eigenvalue weighted by Gasteiger charge is 2.27. The summed E-state index contributed by atoms with van der Waals surface area (Å²) in [6.45, 7) is 0. The van der Waals surface area contributed by atoms with Crippen molar-refractivity contribution in [2.24, 2.45) is 11.7 Å². The van der Waals surface area contributed by atoms with Gasteiger partial charge in [-0.15, -0.1) is 12.4 Å². The third kappa shape index (κ3) is 4.10. The molecule has 1 aliphatic carbocycles. The Bertz CT molecular complexity index is 363. The molecule has 0 aromatic heterocycles. The Morgan fingerprint density at radius 1 is 1.16 bits per heavy atom. The van der Waals surface area contributed by atoms with Crippen molar-refractivity contribution in [3.8, 4) is 5.75 Å². The number of hydrogen-bond donors (Lipinski definition) is 2. The third-order valence-corrected chi connectivity index (χ3v) is 4.00. The first-order valence-electron chi connectivity index (χ1n) is 6.80. The summed E-state index contributed by atoms with van der Waals surface area (Å²) in [5.74, 6) is 1.17. The van der Waals surface area contributed by atoms with Gasteiger partial charge in [0, 0.05) is 0 Å². The Balaban J connectivity index is 0.00000180. The maximum absolute atomic E-state index is 10.4. The lowest BCUT2D eigenvalue weighted by Crippen LogP contribution is -2.34. The zero-order chi connectivity index (χ0) is 13.0. The van der Waals surface area contributed by atoms with E-state index in [-0.39, 0.29) is 18.4 Å². The Labute approximate surface area is 121 Å². The van der Waals surface area contributed by atoms with E-state index in [4.69, 9.17) is 10.5 Å². The van der Waals surface area contributed by atoms with Gasteiger partial charge in [0.15, 0.2) is 0 Å². The van der Waals surface area contributed by atoms with E-state index in [0.29, 0.717) is 5.92 Å². The molecule has 0 unspecified atom stereocenters. The van der Waals surface area contributed by atoms with Gasteiger partial charge >= 0.3 is 0 Å². The van der Waals surface area contributed by atoms with E-state index in [2.05, 4.69) is 0 Å². The monoisotopic (exact) mass is 285 g/mol. The minimum absolute atomic E-state index is 0. The van der Waals surface area contributed by atoms with Crippen LogP contribution in [0, 0.1) is 5.92 Å². The van der Waals surface area contributed by atoms with E-state index in [9.17, 15) is 5.11 Å². The molecule has 1 aromatic carbocycles. The van der Waals surface area contributed by atoms with Gasteiger partial charge in [-0.25, -0.2) is 0 Å². The summed E-state index contributed by atoms with van der Waals surface area (Å²) < 4.78 is 5.12. The molecule has 0 heterocycles. The molecule has 2 rings (SSSR count). The number of aliphatic hydroxyl groups is 1. The predicted octanol–water partition coefficient (Wildman–Crippen LogP) is 3.06. The largest absolute Gasteiger partial charge is 0.497 e. The van der Waals surface area contributed by atoms with Gasteiger partial charge in [0.2, 0.25) is 0 Å². The summed E-state index contributed by atoms with van der Waals surface area (Å²) in [5, 5.41) is 10.4. The van der Waals surface area contributed by atoms with Gasteiger partial charge in [-0.05, 0) is 36.5 Å². The van der Waals surface area contributed by atoms with Crippen LogP contribution in [0.3, 0.4) is 0 Å². The Morgan fingerprint density at radius 3 is 2.26 bits per heavy atom. The molecule has 0 bridgehead atoms. The van der Waals surface area contributed by atoms with Gasteiger partial charge in [-0.1, -0.05) is 31.4 Å². The molecule has 1 aliphatic rings.